The molecule has 0 bridgehead atoms. The van der Waals surface area contributed by atoms with Gasteiger partial charge in [-0.2, -0.15) is 0 Å². The lowest BCUT2D eigenvalue weighted by Crippen LogP contribution is -1.96. The second-order valence-corrected chi connectivity index (χ2v) is 8.64. The highest BCUT2D eigenvalue weighted by molar-refractivity contribution is 7.19. The van der Waals surface area contributed by atoms with Crippen molar-refractivity contribution in [3.8, 4) is 22.3 Å². The van der Waals surface area contributed by atoms with Crippen LogP contribution in [0.2, 0.25) is 0 Å². The SMILES string of the molecule is C=C/C(=C\C=C/C)Nc1cccc(-c2ccc3sc4c(c3c2)-c2ccccc2C4)c1. The van der Waals surface area contributed by atoms with Gasteiger partial charge in [0.05, 0.1) is 0 Å². The van der Waals surface area contributed by atoms with Crippen LogP contribution in [0.4, 0.5) is 5.69 Å². The molecule has 0 spiro atoms. The van der Waals surface area contributed by atoms with Crippen molar-refractivity contribution in [2.24, 2.45) is 0 Å². The Morgan fingerprint density at radius 3 is 2.73 bits per heavy atom. The summed E-state index contributed by atoms with van der Waals surface area (Å²) in [6, 6.07) is 24.3. The predicted molar refractivity (Wildman–Crippen MR) is 132 cm³/mol. The third-order valence-corrected chi connectivity index (χ3v) is 6.74. The molecular weight excluding hydrogens is 382 g/mol. The topological polar surface area (TPSA) is 12.0 Å². The third kappa shape index (κ3) is 3.30. The Labute approximate surface area is 181 Å². The number of allylic oxidation sites excluding steroid dienone is 4. The second-order valence-electron chi connectivity index (χ2n) is 7.50. The summed E-state index contributed by atoms with van der Waals surface area (Å²) in [7, 11) is 0. The highest BCUT2D eigenvalue weighted by Gasteiger charge is 2.23. The third-order valence-electron chi connectivity index (χ3n) is 5.57. The van der Waals surface area contributed by atoms with Gasteiger partial charge in [-0.15, -0.1) is 11.3 Å². The second kappa shape index (κ2) is 7.81. The van der Waals surface area contributed by atoms with Crippen LogP contribution in [0.25, 0.3) is 32.3 Å². The molecule has 30 heavy (non-hydrogen) atoms. The minimum Gasteiger partial charge on any atom is -0.356 e. The average molecular weight is 406 g/mol. The van der Waals surface area contributed by atoms with Crippen molar-refractivity contribution >= 4 is 27.1 Å². The van der Waals surface area contributed by atoms with E-state index in [-0.39, 0.29) is 0 Å². The van der Waals surface area contributed by atoms with Gasteiger partial charge < -0.3 is 5.32 Å². The zero-order valence-electron chi connectivity index (χ0n) is 17.0. The van der Waals surface area contributed by atoms with Crippen LogP contribution < -0.4 is 5.32 Å². The highest BCUT2D eigenvalue weighted by Crippen LogP contribution is 2.47. The molecule has 5 rings (SSSR count). The van der Waals surface area contributed by atoms with Crippen LogP contribution in [0, 0.1) is 0 Å². The molecule has 1 heterocycles. The molecule has 0 amide bonds. The van der Waals surface area contributed by atoms with Crippen LogP contribution in [-0.2, 0) is 6.42 Å². The van der Waals surface area contributed by atoms with E-state index in [1.807, 2.05) is 42.6 Å². The fraction of sp³-hybridized carbons (Fsp3) is 0.0714. The lowest BCUT2D eigenvalue weighted by molar-refractivity contribution is 1.31. The Hall–Kier alpha value is -3.36. The summed E-state index contributed by atoms with van der Waals surface area (Å²) >= 11 is 1.93. The predicted octanol–water partition coefficient (Wildman–Crippen LogP) is 8.20. The van der Waals surface area contributed by atoms with Crippen molar-refractivity contribution in [2.45, 2.75) is 13.3 Å². The zero-order chi connectivity index (χ0) is 20.5. The van der Waals surface area contributed by atoms with Crippen molar-refractivity contribution in [1.82, 2.24) is 0 Å². The number of nitrogens with one attached hydrogen (secondary N) is 1. The molecule has 1 nitrogen and oxygen atoms in total. The molecular formula is C28H23NS. The van der Waals surface area contributed by atoms with Crippen LogP contribution in [0.3, 0.4) is 0 Å². The number of hydrogen-bond acceptors (Lipinski definition) is 2. The normalized spacial score (nSPS) is 12.9. The van der Waals surface area contributed by atoms with Gasteiger partial charge in [-0.25, -0.2) is 0 Å². The Morgan fingerprint density at radius 1 is 1.00 bits per heavy atom. The molecule has 146 valence electrons. The Morgan fingerprint density at radius 2 is 1.87 bits per heavy atom. The lowest BCUT2D eigenvalue weighted by atomic mass is 9.99. The number of benzene rings is 3. The van der Waals surface area contributed by atoms with E-state index in [0.717, 1.165) is 17.8 Å². The molecule has 0 radical (unpaired) electrons. The molecule has 1 aliphatic rings. The van der Waals surface area contributed by atoms with Crippen LogP contribution in [-0.4, -0.2) is 0 Å². The molecule has 1 N–H and O–H groups in total. The molecule has 0 aliphatic heterocycles. The van der Waals surface area contributed by atoms with Gasteiger partial charge in [0.1, 0.15) is 0 Å². The van der Waals surface area contributed by atoms with Gasteiger partial charge >= 0.3 is 0 Å². The van der Waals surface area contributed by atoms with Crippen molar-refractivity contribution in [2.75, 3.05) is 5.32 Å². The Balaban J connectivity index is 1.54. The van der Waals surface area contributed by atoms with Crippen molar-refractivity contribution in [3.63, 3.8) is 0 Å². The van der Waals surface area contributed by atoms with E-state index >= 15 is 0 Å². The van der Waals surface area contributed by atoms with Gasteiger partial charge in [-0.05, 0) is 65.6 Å². The summed E-state index contributed by atoms with van der Waals surface area (Å²) in [5.74, 6) is 0. The molecule has 0 unspecified atom stereocenters. The molecule has 0 atom stereocenters. The van der Waals surface area contributed by atoms with Gasteiger partial charge in [0.15, 0.2) is 0 Å². The maximum atomic E-state index is 3.91. The molecule has 1 aromatic heterocycles. The first-order chi connectivity index (χ1) is 14.8. The quantitative estimate of drug-likeness (QED) is 0.291. The summed E-state index contributed by atoms with van der Waals surface area (Å²) < 4.78 is 1.37. The standard InChI is InChI=1S/C28H23NS/c1-3-5-11-22(4-2)29-23-12-8-10-19(16-23)20-14-15-26-25(17-20)28-24-13-7-6-9-21(24)18-27(28)30-26/h3-17,29H,2,18H2,1H3/b5-3-,22-11+. The van der Waals surface area contributed by atoms with E-state index in [2.05, 4.69) is 78.6 Å². The van der Waals surface area contributed by atoms with Crippen molar-refractivity contribution < 1.29 is 0 Å². The number of rotatable bonds is 5. The largest absolute Gasteiger partial charge is 0.356 e. The molecule has 2 heteroatoms. The Bertz CT molecular complexity index is 1320. The summed E-state index contributed by atoms with van der Waals surface area (Å²) in [4.78, 5) is 1.49. The average Bonchev–Trinajstić information content (AvgIpc) is 3.32. The lowest BCUT2D eigenvalue weighted by Gasteiger charge is -2.10. The van der Waals surface area contributed by atoms with Gasteiger partial charge in [0, 0.05) is 38.3 Å². The fourth-order valence-electron chi connectivity index (χ4n) is 4.14. The maximum absolute atomic E-state index is 3.91. The number of anilines is 1. The molecule has 0 saturated carbocycles. The molecule has 0 fully saturated rings. The summed E-state index contributed by atoms with van der Waals surface area (Å²) in [5, 5.41) is 4.83. The van der Waals surface area contributed by atoms with Gasteiger partial charge in [0.25, 0.3) is 0 Å². The van der Waals surface area contributed by atoms with E-state index in [4.69, 9.17) is 0 Å². The molecule has 0 saturated heterocycles. The first-order valence-corrected chi connectivity index (χ1v) is 11.0. The monoisotopic (exact) mass is 405 g/mol. The minimum atomic E-state index is 0.980. The highest BCUT2D eigenvalue weighted by atomic mass is 32.1. The van der Waals surface area contributed by atoms with E-state index in [0.29, 0.717) is 0 Å². The summed E-state index contributed by atoms with van der Waals surface area (Å²) in [6.45, 7) is 5.91. The molecule has 4 aromatic rings. The fourth-order valence-corrected chi connectivity index (χ4v) is 5.36. The number of hydrogen-bond donors (Lipinski definition) is 1. The first kappa shape index (κ1) is 18.7. The van der Waals surface area contributed by atoms with Gasteiger partial charge in [-0.3, -0.25) is 0 Å². The smallest absolute Gasteiger partial charge is 0.0390 e. The Kier molecular flexibility index (Phi) is 4.86. The molecule has 3 aromatic carbocycles. The summed E-state index contributed by atoms with van der Waals surface area (Å²) in [6.07, 6.45) is 8.94. The van der Waals surface area contributed by atoms with Crippen LogP contribution >= 0.6 is 11.3 Å². The van der Waals surface area contributed by atoms with E-state index in [9.17, 15) is 0 Å². The minimum absolute atomic E-state index is 0.980. The number of fused-ring (bicyclic) bond motifs is 5. The molecule has 1 aliphatic carbocycles. The van der Waals surface area contributed by atoms with E-state index in [1.54, 1.807) is 0 Å². The maximum Gasteiger partial charge on any atom is 0.0390 e. The van der Waals surface area contributed by atoms with Crippen LogP contribution in [0.1, 0.15) is 17.4 Å². The van der Waals surface area contributed by atoms with Gasteiger partial charge in [0.2, 0.25) is 0 Å². The van der Waals surface area contributed by atoms with Crippen LogP contribution in [0.15, 0.2) is 103 Å². The van der Waals surface area contributed by atoms with Crippen molar-refractivity contribution in [1.29, 1.82) is 0 Å². The van der Waals surface area contributed by atoms with Crippen LogP contribution in [0.5, 0.6) is 0 Å². The first-order valence-electron chi connectivity index (χ1n) is 10.2. The zero-order valence-corrected chi connectivity index (χ0v) is 17.8. The van der Waals surface area contributed by atoms with Crippen molar-refractivity contribution in [3.05, 3.63) is 114 Å². The van der Waals surface area contributed by atoms with Gasteiger partial charge in [-0.1, -0.05) is 61.2 Å². The van der Waals surface area contributed by atoms with E-state index in [1.165, 1.54) is 42.8 Å². The summed E-state index contributed by atoms with van der Waals surface area (Å²) in [5.41, 5.74) is 8.77. The number of thiophene rings is 1. The van der Waals surface area contributed by atoms with E-state index < -0.39 is 0 Å².